The van der Waals surface area contributed by atoms with Crippen molar-refractivity contribution in [1.29, 1.82) is 0 Å². The summed E-state index contributed by atoms with van der Waals surface area (Å²) in [6.07, 6.45) is 10.2. The highest BCUT2D eigenvalue weighted by atomic mass is 16.5. The number of hydrogen-bond acceptors (Lipinski definition) is 4. The summed E-state index contributed by atoms with van der Waals surface area (Å²) in [5.74, 6) is 2.08. The Hall–Kier alpha value is -0.420. The number of aliphatic hydroxyl groups excluding tert-OH is 2. The van der Waals surface area contributed by atoms with E-state index in [2.05, 4.69) is 40.7 Å². The average Bonchev–Trinajstić information content (AvgIpc) is 3.02. The lowest BCUT2D eigenvalue weighted by Crippen LogP contribution is -2.58. The number of fused-ring (bicyclic) bond motifs is 5. The molecule has 1 unspecified atom stereocenters. The molecule has 1 saturated heterocycles. The van der Waals surface area contributed by atoms with Gasteiger partial charge in [-0.25, -0.2) is 0 Å². The topological polar surface area (TPSA) is 69.9 Å². The molecule has 4 nitrogen and oxygen atoms in total. The Labute approximate surface area is 207 Å². The third kappa shape index (κ3) is 3.30. The summed E-state index contributed by atoms with van der Waals surface area (Å²) in [7, 11) is 0. The maximum atomic E-state index is 10.9. The van der Waals surface area contributed by atoms with Crippen molar-refractivity contribution >= 4 is 0 Å². The van der Waals surface area contributed by atoms with Gasteiger partial charge in [0, 0.05) is 0 Å². The summed E-state index contributed by atoms with van der Waals surface area (Å²) in [6.45, 7) is 16.4. The predicted molar refractivity (Wildman–Crippen MR) is 135 cm³/mol. The Bertz CT molecular complexity index is 841. The molecule has 10 atom stereocenters. The van der Waals surface area contributed by atoms with Crippen LogP contribution in [0.2, 0.25) is 0 Å². The third-order valence-corrected chi connectivity index (χ3v) is 12.5. The van der Waals surface area contributed by atoms with Gasteiger partial charge in [-0.15, -0.1) is 0 Å². The summed E-state index contributed by atoms with van der Waals surface area (Å²) < 4.78 is 6.13. The molecule has 194 valence electrons. The monoisotopic (exact) mass is 474 g/mol. The highest BCUT2D eigenvalue weighted by Gasteiger charge is 2.65. The maximum absolute atomic E-state index is 10.9. The van der Waals surface area contributed by atoms with Gasteiger partial charge in [-0.3, -0.25) is 0 Å². The van der Waals surface area contributed by atoms with E-state index in [1.807, 2.05) is 0 Å². The third-order valence-electron chi connectivity index (χ3n) is 12.5. The van der Waals surface area contributed by atoms with Crippen LogP contribution in [0.15, 0.2) is 11.6 Å². The van der Waals surface area contributed by atoms with E-state index in [9.17, 15) is 15.3 Å². The molecule has 4 aliphatic carbocycles. The summed E-state index contributed by atoms with van der Waals surface area (Å²) in [5, 5.41) is 32.1. The number of ether oxygens (including phenoxy) is 1. The van der Waals surface area contributed by atoms with Crippen LogP contribution in [0.4, 0.5) is 0 Å². The largest absolute Gasteiger partial charge is 0.393 e. The SMILES string of the molecule is CC(C)(O)[C@@H]1OC[C@H](C2CC[C@]3(C)C4=CC[C@H]5C(C)(C)[C@H](O)CC[C@]5(C)[C@H]4CC[C@@]23C)C[C@H]1O. The van der Waals surface area contributed by atoms with Crippen molar-refractivity contribution in [3.05, 3.63) is 11.6 Å². The van der Waals surface area contributed by atoms with Crippen LogP contribution in [0.25, 0.3) is 0 Å². The normalized spacial score (nSPS) is 52.9. The lowest BCUT2D eigenvalue weighted by Gasteiger charge is -2.64. The molecule has 34 heavy (non-hydrogen) atoms. The van der Waals surface area contributed by atoms with Crippen molar-refractivity contribution < 1.29 is 20.1 Å². The first-order valence-corrected chi connectivity index (χ1v) is 14.1. The van der Waals surface area contributed by atoms with Gasteiger partial charge in [-0.2, -0.15) is 0 Å². The molecule has 3 N–H and O–H groups in total. The van der Waals surface area contributed by atoms with E-state index in [0.717, 1.165) is 25.7 Å². The molecule has 0 aromatic heterocycles. The number of hydrogen-bond donors (Lipinski definition) is 3. The number of allylic oxidation sites excluding steroid dienone is 2. The molecule has 0 spiro atoms. The minimum atomic E-state index is -1.02. The standard InChI is InChI=1S/C30H50O4/c1-26(2)23-9-8-21-20(28(23,5)13-12-24(26)32)11-15-29(6)19(10-14-30(21,29)7)18-16-22(31)25(34-17-18)27(3,4)33/h8,18-20,22-25,31-33H,9-17H2,1-7H3/t18-,19?,20+,22-,23+,24-,25-,28-,29+,30-/m1/s1. The van der Waals surface area contributed by atoms with Crippen LogP contribution in [-0.2, 0) is 4.74 Å². The van der Waals surface area contributed by atoms with Gasteiger partial charge < -0.3 is 20.1 Å². The van der Waals surface area contributed by atoms with Gasteiger partial charge >= 0.3 is 0 Å². The van der Waals surface area contributed by atoms with Crippen molar-refractivity contribution in [1.82, 2.24) is 0 Å². The van der Waals surface area contributed by atoms with Crippen LogP contribution in [0, 0.1) is 45.3 Å². The van der Waals surface area contributed by atoms with Crippen LogP contribution in [0.3, 0.4) is 0 Å². The first-order valence-electron chi connectivity index (χ1n) is 14.1. The smallest absolute Gasteiger partial charge is 0.111 e. The summed E-state index contributed by atoms with van der Waals surface area (Å²) in [4.78, 5) is 0. The van der Waals surface area contributed by atoms with E-state index >= 15 is 0 Å². The van der Waals surface area contributed by atoms with E-state index < -0.39 is 17.8 Å². The predicted octanol–water partition coefficient (Wildman–Crippen LogP) is 5.49. The lowest BCUT2D eigenvalue weighted by molar-refractivity contribution is -0.188. The minimum absolute atomic E-state index is 0.0263. The van der Waals surface area contributed by atoms with Gasteiger partial charge in [0.1, 0.15) is 6.10 Å². The number of aliphatic hydroxyl groups is 3. The summed E-state index contributed by atoms with van der Waals surface area (Å²) in [6, 6.07) is 0. The van der Waals surface area contributed by atoms with Gasteiger partial charge in [0.05, 0.1) is 24.4 Å². The van der Waals surface area contributed by atoms with Crippen molar-refractivity contribution in [3.8, 4) is 0 Å². The molecule has 0 amide bonds. The van der Waals surface area contributed by atoms with Gasteiger partial charge in [0.25, 0.3) is 0 Å². The second-order valence-electron chi connectivity index (χ2n) is 14.8. The van der Waals surface area contributed by atoms with Gasteiger partial charge in [0.15, 0.2) is 0 Å². The Kier molecular flexibility index (Phi) is 5.78. The molecule has 1 heterocycles. The zero-order valence-electron chi connectivity index (χ0n) is 22.7. The second kappa shape index (κ2) is 7.79. The highest BCUT2D eigenvalue weighted by molar-refractivity contribution is 5.33. The van der Waals surface area contributed by atoms with Crippen molar-refractivity contribution in [2.45, 2.75) is 124 Å². The Balaban J connectivity index is 1.42. The average molecular weight is 475 g/mol. The Morgan fingerprint density at radius 2 is 1.68 bits per heavy atom. The summed E-state index contributed by atoms with van der Waals surface area (Å²) in [5.41, 5.74) is 1.38. The number of rotatable bonds is 2. The van der Waals surface area contributed by atoms with E-state index in [0.29, 0.717) is 30.3 Å². The fourth-order valence-corrected chi connectivity index (χ4v) is 10.3. The van der Waals surface area contributed by atoms with Crippen LogP contribution < -0.4 is 0 Å². The highest BCUT2D eigenvalue weighted by Crippen LogP contribution is 2.73. The fourth-order valence-electron chi connectivity index (χ4n) is 10.3. The second-order valence-corrected chi connectivity index (χ2v) is 14.8. The van der Waals surface area contributed by atoms with E-state index in [1.165, 1.54) is 25.7 Å². The quantitative estimate of drug-likeness (QED) is 0.463. The molecule has 0 aromatic carbocycles. The molecule has 3 saturated carbocycles. The first-order chi connectivity index (χ1) is 15.7. The molecular formula is C30H50O4. The molecule has 4 fully saturated rings. The fraction of sp³-hybridized carbons (Fsp3) is 0.933. The molecule has 0 aromatic rings. The van der Waals surface area contributed by atoms with Crippen LogP contribution in [0.5, 0.6) is 0 Å². The zero-order valence-corrected chi connectivity index (χ0v) is 22.7. The van der Waals surface area contributed by atoms with E-state index in [1.54, 1.807) is 19.4 Å². The zero-order chi connectivity index (χ0) is 24.9. The molecule has 4 heteroatoms. The van der Waals surface area contributed by atoms with Crippen molar-refractivity contribution in [3.63, 3.8) is 0 Å². The van der Waals surface area contributed by atoms with Gasteiger partial charge in [0.2, 0.25) is 0 Å². The van der Waals surface area contributed by atoms with Crippen molar-refractivity contribution in [2.75, 3.05) is 6.61 Å². The maximum Gasteiger partial charge on any atom is 0.111 e. The molecular weight excluding hydrogens is 424 g/mol. The van der Waals surface area contributed by atoms with E-state index in [4.69, 9.17) is 4.74 Å². The van der Waals surface area contributed by atoms with E-state index in [-0.39, 0.29) is 27.8 Å². The first kappa shape index (κ1) is 25.2. The van der Waals surface area contributed by atoms with Crippen LogP contribution in [0.1, 0.15) is 99.8 Å². The minimum Gasteiger partial charge on any atom is -0.393 e. The molecule has 5 aliphatic rings. The molecule has 0 bridgehead atoms. The van der Waals surface area contributed by atoms with Crippen molar-refractivity contribution in [2.24, 2.45) is 45.3 Å². The molecule has 1 aliphatic heterocycles. The summed E-state index contributed by atoms with van der Waals surface area (Å²) >= 11 is 0. The lowest BCUT2D eigenvalue weighted by atomic mass is 9.41. The molecule has 0 radical (unpaired) electrons. The van der Waals surface area contributed by atoms with Crippen LogP contribution in [-0.4, -0.2) is 45.8 Å². The van der Waals surface area contributed by atoms with Gasteiger partial charge in [-0.1, -0.05) is 46.3 Å². The molecule has 5 rings (SSSR count). The van der Waals surface area contributed by atoms with Crippen LogP contribution >= 0.6 is 0 Å². The van der Waals surface area contributed by atoms with Gasteiger partial charge in [-0.05, 0) is 111 Å². The Morgan fingerprint density at radius 3 is 2.32 bits per heavy atom. The Morgan fingerprint density at radius 1 is 0.971 bits per heavy atom.